The van der Waals surface area contributed by atoms with Crippen LogP contribution >= 0.6 is 0 Å². The number of hydrogen-bond donors (Lipinski definition) is 3. The number of aromatic amines is 1. The van der Waals surface area contributed by atoms with Crippen molar-refractivity contribution in [3.8, 4) is 12.3 Å². The third kappa shape index (κ3) is 2.99. The van der Waals surface area contributed by atoms with E-state index in [4.69, 9.17) is 12.2 Å². The smallest absolute Gasteiger partial charge is 0.295 e. The first-order valence-electron chi connectivity index (χ1n) is 8.46. The van der Waals surface area contributed by atoms with Crippen molar-refractivity contribution in [2.45, 2.75) is 32.7 Å². The van der Waals surface area contributed by atoms with Crippen LogP contribution in [0.4, 0.5) is 10.1 Å². The number of amides is 2. The fourth-order valence-corrected chi connectivity index (χ4v) is 3.63. The van der Waals surface area contributed by atoms with Crippen molar-refractivity contribution in [1.82, 2.24) is 10.3 Å². The van der Waals surface area contributed by atoms with Crippen LogP contribution in [0.25, 0.3) is 10.9 Å². The zero-order chi connectivity index (χ0) is 19.0. The maximum atomic E-state index is 15.0. The summed E-state index contributed by atoms with van der Waals surface area (Å²) in [6.45, 7) is 4.84. The van der Waals surface area contributed by atoms with Gasteiger partial charge in [0.2, 0.25) is 0 Å². The minimum absolute atomic E-state index is 0.131. The molecule has 0 bridgehead atoms. The van der Waals surface area contributed by atoms with E-state index >= 15 is 0 Å². The van der Waals surface area contributed by atoms with Crippen LogP contribution in [0.2, 0.25) is 0 Å². The first kappa shape index (κ1) is 17.8. The van der Waals surface area contributed by atoms with Gasteiger partial charge in [0, 0.05) is 30.2 Å². The fourth-order valence-electron chi connectivity index (χ4n) is 3.63. The molecule has 136 valence electrons. The number of rotatable bonds is 3. The number of carbonyl (C=O) groups excluding carboxylic acids is 2. The first-order valence-corrected chi connectivity index (χ1v) is 8.46. The molecule has 3 rings (SSSR count). The van der Waals surface area contributed by atoms with Gasteiger partial charge in [-0.05, 0) is 44.2 Å². The van der Waals surface area contributed by atoms with Crippen LogP contribution in [0.15, 0.2) is 6.07 Å². The number of nitrogens with zero attached hydrogens (tertiary/aromatic N) is 1. The number of fused-ring (bicyclic) bond motifs is 1. The van der Waals surface area contributed by atoms with Gasteiger partial charge in [0.25, 0.3) is 11.8 Å². The van der Waals surface area contributed by atoms with Gasteiger partial charge in [0.1, 0.15) is 5.82 Å². The van der Waals surface area contributed by atoms with E-state index in [2.05, 4.69) is 10.3 Å². The van der Waals surface area contributed by atoms with E-state index in [-0.39, 0.29) is 11.6 Å². The summed E-state index contributed by atoms with van der Waals surface area (Å²) in [5.74, 6) is 0.386. The molecule has 1 aliphatic rings. The second kappa shape index (κ2) is 6.71. The predicted molar refractivity (Wildman–Crippen MR) is 98.5 cm³/mol. The highest BCUT2D eigenvalue weighted by atomic mass is 19.1. The van der Waals surface area contributed by atoms with E-state index in [1.165, 1.54) is 6.07 Å². The SMILES string of the molecule is C#CC(=O)NC1CCCN(c2c(F)cc(C(N)=O)c3[nH]c(C)c(C)c23)C1. The summed E-state index contributed by atoms with van der Waals surface area (Å²) in [4.78, 5) is 28.3. The third-order valence-corrected chi connectivity index (χ3v) is 4.97. The molecule has 26 heavy (non-hydrogen) atoms. The average Bonchev–Trinajstić information content (AvgIpc) is 2.89. The van der Waals surface area contributed by atoms with E-state index in [9.17, 15) is 14.0 Å². The first-order chi connectivity index (χ1) is 12.3. The summed E-state index contributed by atoms with van der Waals surface area (Å²) in [6.07, 6.45) is 6.68. The Morgan fingerprint density at radius 1 is 1.46 bits per heavy atom. The quantitative estimate of drug-likeness (QED) is 0.732. The second-order valence-electron chi connectivity index (χ2n) is 6.65. The summed E-state index contributed by atoms with van der Waals surface area (Å²) in [7, 11) is 0. The number of aromatic nitrogens is 1. The lowest BCUT2D eigenvalue weighted by Gasteiger charge is -2.35. The second-order valence-corrected chi connectivity index (χ2v) is 6.65. The summed E-state index contributed by atoms with van der Waals surface area (Å²) >= 11 is 0. The molecular formula is C19H21FN4O2. The zero-order valence-electron chi connectivity index (χ0n) is 14.8. The summed E-state index contributed by atoms with van der Waals surface area (Å²) in [5.41, 5.74) is 8.24. The number of H-pyrrole nitrogens is 1. The number of carbonyl (C=O) groups is 2. The van der Waals surface area contributed by atoms with Crippen LogP contribution in [0.3, 0.4) is 0 Å². The van der Waals surface area contributed by atoms with Crippen LogP contribution in [0.1, 0.15) is 34.5 Å². The number of halogens is 1. The van der Waals surface area contributed by atoms with Gasteiger partial charge in [-0.1, -0.05) is 0 Å². The molecule has 6 nitrogen and oxygen atoms in total. The molecule has 1 aromatic carbocycles. The van der Waals surface area contributed by atoms with Crippen molar-refractivity contribution in [3.63, 3.8) is 0 Å². The number of anilines is 1. The van der Waals surface area contributed by atoms with Crippen molar-refractivity contribution in [1.29, 1.82) is 0 Å². The average molecular weight is 356 g/mol. The minimum atomic E-state index is -0.681. The maximum Gasteiger partial charge on any atom is 0.295 e. The number of hydrogen-bond acceptors (Lipinski definition) is 3. The number of aryl methyl sites for hydroxylation is 2. The van der Waals surface area contributed by atoms with Gasteiger partial charge in [-0.15, -0.1) is 6.42 Å². The Labute approximate surface area is 150 Å². The van der Waals surface area contributed by atoms with Crippen LogP contribution in [-0.2, 0) is 4.79 Å². The molecule has 2 heterocycles. The zero-order valence-corrected chi connectivity index (χ0v) is 14.8. The third-order valence-electron chi connectivity index (χ3n) is 4.97. The molecule has 0 saturated carbocycles. The van der Waals surface area contributed by atoms with E-state index in [1.807, 2.05) is 24.7 Å². The van der Waals surface area contributed by atoms with Crippen molar-refractivity contribution < 1.29 is 14.0 Å². The number of piperidine rings is 1. The number of nitrogens with one attached hydrogen (secondary N) is 2. The Kier molecular flexibility index (Phi) is 4.60. The van der Waals surface area contributed by atoms with Crippen LogP contribution < -0.4 is 16.0 Å². The van der Waals surface area contributed by atoms with Crippen LogP contribution in [0.5, 0.6) is 0 Å². The highest BCUT2D eigenvalue weighted by Gasteiger charge is 2.27. The van der Waals surface area contributed by atoms with Crippen LogP contribution in [-0.4, -0.2) is 35.9 Å². The van der Waals surface area contributed by atoms with Crippen molar-refractivity contribution in [2.75, 3.05) is 18.0 Å². The Hall–Kier alpha value is -3.01. The fraction of sp³-hybridized carbons (Fsp3) is 0.368. The summed E-state index contributed by atoms with van der Waals surface area (Å²) in [6, 6.07) is 1.02. The Balaban J connectivity index is 2.09. The lowest BCUT2D eigenvalue weighted by atomic mass is 10.0. The number of primary amides is 1. The lowest BCUT2D eigenvalue weighted by Crippen LogP contribution is -2.47. The van der Waals surface area contributed by atoms with E-state index in [1.54, 1.807) is 0 Å². The molecule has 1 aromatic heterocycles. The summed E-state index contributed by atoms with van der Waals surface area (Å²) < 4.78 is 15.0. The molecule has 1 aliphatic heterocycles. The van der Waals surface area contributed by atoms with Crippen molar-refractivity contribution in [2.24, 2.45) is 5.73 Å². The molecule has 1 saturated heterocycles. The molecule has 2 aromatic rings. The molecule has 0 radical (unpaired) electrons. The molecule has 7 heteroatoms. The molecule has 1 fully saturated rings. The molecule has 4 N–H and O–H groups in total. The van der Waals surface area contributed by atoms with Gasteiger partial charge in [-0.2, -0.15) is 0 Å². The molecule has 1 unspecified atom stereocenters. The Bertz CT molecular complexity index is 941. The minimum Gasteiger partial charge on any atom is -0.367 e. The highest BCUT2D eigenvalue weighted by Crippen LogP contribution is 2.37. The predicted octanol–water partition coefficient (Wildman–Crippen LogP) is 1.74. The van der Waals surface area contributed by atoms with Gasteiger partial charge in [-0.3, -0.25) is 9.59 Å². The van der Waals surface area contributed by atoms with E-state index in [0.29, 0.717) is 29.7 Å². The molecule has 0 aliphatic carbocycles. The lowest BCUT2D eigenvalue weighted by molar-refractivity contribution is -0.116. The van der Waals surface area contributed by atoms with Gasteiger partial charge in [0.05, 0.1) is 16.8 Å². The number of benzene rings is 1. The van der Waals surface area contributed by atoms with Gasteiger partial charge < -0.3 is 20.9 Å². The molecule has 2 amide bonds. The molecule has 0 spiro atoms. The van der Waals surface area contributed by atoms with E-state index < -0.39 is 17.6 Å². The maximum absolute atomic E-state index is 15.0. The monoisotopic (exact) mass is 356 g/mol. The number of nitrogens with two attached hydrogens (primary N) is 1. The summed E-state index contributed by atoms with van der Waals surface area (Å²) in [5, 5.41) is 3.42. The largest absolute Gasteiger partial charge is 0.367 e. The van der Waals surface area contributed by atoms with Gasteiger partial charge >= 0.3 is 0 Å². The van der Waals surface area contributed by atoms with Crippen LogP contribution in [0, 0.1) is 32.0 Å². The number of terminal acetylenes is 1. The highest BCUT2D eigenvalue weighted by molar-refractivity contribution is 6.10. The Morgan fingerprint density at radius 2 is 2.19 bits per heavy atom. The molecular weight excluding hydrogens is 335 g/mol. The van der Waals surface area contributed by atoms with Gasteiger partial charge in [0.15, 0.2) is 0 Å². The van der Waals surface area contributed by atoms with Crippen molar-refractivity contribution >= 4 is 28.4 Å². The topological polar surface area (TPSA) is 91.2 Å². The van der Waals surface area contributed by atoms with Gasteiger partial charge in [-0.25, -0.2) is 4.39 Å². The van der Waals surface area contributed by atoms with E-state index in [0.717, 1.165) is 24.1 Å². The Morgan fingerprint density at radius 3 is 2.85 bits per heavy atom. The normalized spacial score (nSPS) is 17.2. The van der Waals surface area contributed by atoms with Crippen molar-refractivity contribution in [3.05, 3.63) is 28.7 Å². The molecule has 1 atom stereocenters. The standard InChI is InChI=1S/C19H21FN4O2/c1-4-15(25)23-12-6-5-7-24(9-12)18-14(20)8-13(19(21)26)17-16(18)10(2)11(3)22-17/h1,8,12,22H,5-7,9H2,2-3H3,(H2,21,26)(H,23,25).